The van der Waals surface area contributed by atoms with Gasteiger partial charge in [-0.1, -0.05) is 12.1 Å². The van der Waals surface area contributed by atoms with E-state index in [1.165, 1.54) is 4.31 Å². The minimum atomic E-state index is -3.40. The summed E-state index contributed by atoms with van der Waals surface area (Å²) in [6.07, 6.45) is 1.73. The van der Waals surface area contributed by atoms with Crippen molar-refractivity contribution in [1.82, 2.24) is 9.21 Å². The zero-order chi connectivity index (χ0) is 14.8. The predicted octanol–water partition coefficient (Wildman–Crippen LogP) is 1.28. The highest BCUT2D eigenvalue weighted by molar-refractivity contribution is 7.89. The van der Waals surface area contributed by atoms with Crippen molar-refractivity contribution >= 4 is 22.4 Å². The van der Waals surface area contributed by atoms with Crippen molar-refractivity contribution in [2.45, 2.75) is 30.3 Å². The van der Waals surface area contributed by atoms with E-state index in [0.29, 0.717) is 18.0 Å². The Labute approximate surface area is 133 Å². The van der Waals surface area contributed by atoms with Crippen LogP contribution in [0.3, 0.4) is 0 Å². The molecule has 1 heterocycles. The first-order valence-electron chi connectivity index (χ1n) is 6.89. The number of nitrogens with two attached hydrogens (primary N) is 1. The lowest BCUT2D eigenvalue weighted by molar-refractivity contribution is 0.316. The summed E-state index contributed by atoms with van der Waals surface area (Å²) in [5.41, 5.74) is 6.97. The molecule has 1 atom stereocenters. The van der Waals surface area contributed by atoms with Crippen molar-refractivity contribution in [3.63, 3.8) is 0 Å². The fourth-order valence-electron chi connectivity index (χ4n) is 2.47. The van der Waals surface area contributed by atoms with Crippen LogP contribution in [0.4, 0.5) is 0 Å². The number of nitrogens with zero attached hydrogens (tertiary/aromatic N) is 2. The molecule has 7 heteroatoms. The van der Waals surface area contributed by atoms with E-state index in [2.05, 4.69) is 0 Å². The Morgan fingerprint density at radius 1 is 1.29 bits per heavy atom. The molecule has 1 aliphatic heterocycles. The molecule has 0 bridgehead atoms. The topological polar surface area (TPSA) is 66.6 Å². The van der Waals surface area contributed by atoms with E-state index in [1.54, 1.807) is 12.1 Å². The summed E-state index contributed by atoms with van der Waals surface area (Å²) < 4.78 is 26.6. The van der Waals surface area contributed by atoms with E-state index in [1.807, 2.05) is 31.1 Å². The molecular formula is C14H24ClN3O2S. The predicted molar refractivity (Wildman–Crippen MR) is 87.0 cm³/mol. The van der Waals surface area contributed by atoms with Gasteiger partial charge >= 0.3 is 0 Å². The largest absolute Gasteiger partial charge is 0.327 e. The molecule has 0 amide bonds. The molecule has 2 rings (SSSR count). The van der Waals surface area contributed by atoms with Crippen LogP contribution in [0.25, 0.3) is 0 Å². The maximum Gasteiger partial charge on any atom is 0.243 e. The Balaban J connectivity index is 0.00000220. The van der Waals surface area contributed by atoms with E-state index in [9.17, 15) is 8.42 Å². The maximum absolute atomic E-state index is 12.5. The van der Waals surface area contributed by atoms with E-state index in [0.717, 1.165) is 24.9 Å². The molecule has 0 aromatic heterocycles. The van der Waals surface area contributed by atoms with Crippen LogP contribution in [0.2, 0.25) is 0 Å². The number of rotatable bonds is 4. The summed E-state index contributed by atoms with van der Waals surface area (Å²) in [7, 11) is 0.571. The van der Waals surface area contributed by atoms with Gasteiger partial charge in [-0.25, -0.2) is 8.42 Å². The van der Waals surface area contributed by atoms with Gasteiger partial charge in [-0.2, -0.15) is 4.31 Å². The van der Waals surface area contributed by atoms with Crippen LogP contribution >= 0.6 is 12.4 Å². The Morgan fingerprint density at radius 3 is 2.43 bits per heavy atom. The van der Waals surface area contributed by atoms with Gasteiger partial charge in [0.25, 0.3) is 0 Å². The highest BCUT2D eigenvalue weighted by Gasteiger charge is 2.28. The Kier molecular flexibility index (Phi) is 6.62. The highest BCUT2D eigenvalue weighted by Crippen LogP contribution is 2.20. The first kappa shape index (κ1) is 18.4. The summed E-state index contributed by atoms with van der Waals surface area (Å²) in [6.45, 7) is 1.78. The molecule has 21 heavy (non-hydrogen) atoms. The molecule has 0 saturated carbocycles. The van der Waals surface area contributed by atoms with E-state index >= 15 is 0 Å². The summed E-state index contributed by atoms with van der Waals surface area (Å²) >= 11 is 0. The fourth-order valence-corrected chi connectivity index (χ4v) is 4.01. The monoisotopic (exact) mass is 333 g/mol. The summed E-state index contributed by atoms with van der Waals surface area (Å²) in [6, 6.07) is 7.07. The number of hydrogen-bond acceptors (Lipinski definition) is 4. The number of benzene rings is 1. The van der Waals surface area contributed by atoms with Gasteiger partial charge in [0, 0.05) is 25.7 Å². The number of sulfonamides is 1. The van der Waals surface area contributed by atoms with Crippen LogP contribution in [-0.2, 0) is 16.6 Å². The first-order valence-corrected chi connectivity index (χ1v) is 8.33. The van der Waals surface area contributed by atoms with E-state index in [-0.39, 0.29) is 18.4 Å². The number of hydrogen-bond donors (Lipinski definition) is 1. The van der Waals surface area contributed by atoms with Crippen LogP contribution in [0.5, 0.6) is 0 Å². The molecule has 5 nitrogen and oxygen atoms in total. The SMILES string of the molecule is CN(C)Cc1ccc(S(=O)(=O)N2CCC[C@@H](N)C2)cc1.Cl. The molecule has 1 aromatic rings. The van der Waals surface area contributed by atoms with Gasteiger partial charge in [0.05, 0.1) is 4.90 Å². The summed E-state index contributed by atoms with van der Waals surface area (Å²) in [4.78, 5) is 2.40. The van der Waals surface area contributed by atoms with Crippen molar-refractivity contribution in [2.24, 2.45) is 5.73 Å². The second-order valence-electron chi connectivity index (χ2n) is 5.65. The molecular weight excluding hydrogens is 310 g/mol. The van der Waals surface area contributed by atoms with Gasteiger partial charge < -0.3 is 10.6 Å². The van der Waals surface area contributed by atoms with E-state index in [4.69, 9.17) is 5.73 Å². The lowest BCUT2D eigenvalue weighted by atomic mass is 10.1. The minimum Gasteiger partial charge on any atom is -0.327 e. The lowest BCUT2D eigenvalue weighted by Gasteiger charge is -2.29. The Morgan fingerprint density at radius 2 is 1.90 bits per heavy atom. The fraction of sp³-hybridized carbons (Fsp3) is 0.571. The third kappa shape index (κ3) is 4.66. The Bertz CT molecular complexity index is 546. The summed E-state index contributed by atoms with van der Waals surface area (Å²) in [5.74, 6) is 0. The molecule has 0 unspecified atom stereocenters. The Hall–Kier alpha value is -0.660. The normalized spacial score (nSPS) is 20.3. The minimum absolute atomic E-state index is 0. The van der Waals surface area contributed by atoms with Crippen LogP contribution in [0.1, 0.15) is 18.4 Å². The summed E-state index contributed by atoms with van der Waals surface area (Å²) in [5, 5.41) is 0. The lowest BCUT2D eigenvalue weighted by Crippen LogP contribution is -2.45. The highest BCUT2D eigenvalue weighted by atomic mass is 35.5. The maximum atomic E-state index is 12.5. The van der Waals surface area contributed by atoms with Gasteiger partial charge in [-0.3, -0.25) is 0 Å². The average molecular weight is 334 g/mol. The number of halogens is 1. The molecule has 1 aliphatic rings. The molecule has 0 aliphatic carbocycles. The smallest absolute Gasteiger partial charge is 0.243 e. The second-order valence-corrected chi connectivity index (χ2v) is 7.59. The van der Waals surface area contributed by atoms with Gasteiger partial charge in [-0.05, 0) is 44.6 Å². The van der Waals surface area contributed by atoms with Crippen LogP contribution in [-0.4, -0.2) is 50.8 Å². The molecule has 2 N–H and O–H groups in total. The first-order chi connectivity index (χ1) is 9.39. The zero-order valence-electron chi connectivity index (χ0n) is 12.5. The molecule has 1 saturated heterocycles. The van der Waals surface area contributed by atoms with Crippen LogP contribution < -0.4 is 5.73 Å². The average Bonchev–Trinajstić information content (AvgIpc) is 2.38. The van der Waals surface area contributed by atoms with Crippen molar-refractivity contribution in [1.29, 1.82) is 0 Å². The third-order valence-electron chi connectivity index (χ3n) is 3.48. The number of piperidine rings is 1. The van der Waals surface area contributed by atoms with Crippen molar-refractivity contribution < 1.29 is 8.42 Å². The molecule has 0 spiro atoms. The van der Waals surface area contributed by atoms with Crippen LogP contribution in [0.15, 0.2) is 29.2 Å². The molecule has 1 fully saturated rings. The third-order valence-corrected chi connectivity index (χ3v) is 5.36. The second kappa shape index (κ2) is 7.56. The molecule has 1 aromatic carbocycles. The van der Waals surface area contributed by atoms with Crippen molar-refractivity contribution in [3.05, 3.63) is 29.8 Å². The van der Waals surface area contributed by atoms with Gasteiger partial charge in [0.1, 0.15) is 0 Å². The van der Waals surface area contributed by atoms with Gasteiger partial charge in [-0.15, -0.1) is 12.4 Å². The standard InChI is InChI=1S/C14H23N3O2S.ClH/c1-16(2)10-12-5-7-14(8-6-12)20(18,19)17-9-3-4-13(15)11-17;/h5-8,13H,3-4,9-11,15H2,1-2H3;1H/t13-;/m1./s1. The van der Waals surface area contributed by atoms with Crippen molar-refractivity contribution in [3.8, 4) is 0 Å². The molecule has 120 valence electrons. The van der Waals surface area contributed by atoms with E-state index < -0.39 is 10.0 Å². The quantitative estimate of drug-likeness (QED) is 0.901. The van der Waals surface area contributed by atoms with Gasteiger partial charge in [0.2, 0.25) is 10.0 Å². The van der Waals surface area contributed by atoms with Gasteiger partial charge in [0.15, 0.2) is 0 Å². The zero-order valence-corrected chi connectivity index (χ0v) is 14.2. The van der Waals surface area contributed by atoms with Crippen molar-refractivity contribution in [2.75, 3.05) is 27.2 Å². The molecule has 0 radical (unpaired) electrons. The van der Waals surface area contributed by atoms with Crippen LogP contribution in [0, 0.1) is 0 Å².